The van der Waals surface area contributed by atoms with Crippen LogP contribution in [0.25, 0.3) is 0 Å². The van der Waals surface area contributed by atoms with Gasteiger partial charge in [-0.3, -0.25) is 14.9 Å². The normalized spacial score (nSPS) is 10.9. The molecule has 1 rings (SSSR count). The van der Waals surface area contributed by atoms with Gasteiger partial charge in [-0.1, -0.05) is 12.1 Å². The van der Waals surface area contributed by atoms with Gasteiger partial charge in [0, 0.05) is 6.07 Å². The van der Waals surface area contributed by atoms with Gasteiger partial charge in [-0.05, 0) is 26.8 Å². The minimum Gasteiger partial charge on any atom is -0.368 e. The third-order valence-corrected chi connectivity index (χ3v) is 2.43. The number of hydrogen-bond acceptors (Lipinski definition) is 4. The minimum absolute atomic E-state index is 0.0307. The molecule has 1 aromatic carbocycles. The van der Waals surface area contributed by atoms with Gasteiger partial charge in [0.1, 0.15) is 5.69 Å². The first-order chi connectivity index (χ1) is 7.34. The summed E-state index contributed by atoms with van der Waals surface area (Å²) in [4.78, 5) is 21.6. The monoisotopic (exact) mass is 222 g/mol. The van der Waals surface area contributed by atoms with Crippen LogP contribution in [0.4, 0.5) is 11.4 Å². The fourth-order valence-electron chi connectivity index (χ4n) is 1.16. The number of carbonyl (C=O) groups is 1. The van der Waals surface area contributed by atoms with Crippen molar-refractivity contribution in [1.82, 2.24) is 0 Å². The van der Waals surface area contributed by atoms with Crippen LogP contribution < -0.4 is 5.32 Å². The van der Waals surface area contributed by atoms with Crippen LogP contribution in [0, 0.1) is 10.1 Å². The fourth-order valence-corrected chi connectivity index (χ4v) is 1.16. The van der Waals surface area contributed by atoms with E-state index < -0.39 is 10.5 Å². The van der Waals surface area contributed by atoms with Crippen molar-refractivity contribution in [3.05, 3.63) is 34.4 Å². The lowest BCUT2D eigenvalue weighted by Crippen LogP contribution is -2.38. The van der Waals surface area contributed by atoms with Crippen molar-refractivity contribution in [3.63, 3.8) is 0 Å². The van der Waals surface area contributed by atoms with Crippen molar-refractivity contribution in [3.8, 4) is 0 Å². The number of nitrogens with zero attached hydrogens (tertiary/aromatic N) is 1. The van der Waals surface area contributed by atoms with Gasteiger partial charge in [0.25, 0.3) is 5.69 Å². The van der Waals surface area contributed by atoms with Crippen LogP contribution in [0.3, 0.4) is 0 Å². The van der Waals surface area contributed by atoms with Gasteiger partial charge in [0.05, 0.1) is 10.5 Å². The van der Waals surface area contributed by atoms with E-state index in [4.69, 9.17) is 0 Å². The Bertz CT molecular complexity index is 427. The Kier molecular flexibility index (Phi) is 3.27. The molecule has 0 radical (unpaired) electrons. The van der Waals surface area contributed by atoms with Gasteiger partial charge in [-0.2, -0.15) is 0 Å². The quantitative estimate of drug-likeness (QED) is 0.627. The van der Waals surface area contributed by atoms with Crippen LogP contribution in [0.2, 0.25) is 0 Å². The smallest absolute Gasteiger partial charge is 0.292 e. The molecule has 0 amide bonds. The van der Waals surface area contributed by atoms with Gasteiger partial charge in [0.2, 0.25) is 0 Å². The van der Waals surface area contributed by atoms with E-state index in [9.17, 15) is 14.9 Å². The maximum atomic E-state index is 11.3. The molecule has 0 aromatic heterocycles. The lowest BCUT2D eigenvalue weighted by molar-refractivity contribution is -0.384. The van der Waals surface area contributed by atoms with E-state index in [2.05, 4.69) is 5.32 Å². The number of Topliss-reactive ketones (excluding diaryl/α,β-unsaturated/α-hetero) is 1. The van der Waals surface area contributed by atoms with Crippen LogP contribution >= 0.6 is 0 Å². The molecule has 0 aliphatic carbocycles. The lowest BCUT2D eigenvalue weighted by atomic mass is 10.00. The van der Waals surface area contributed by atoms with E-state index in [1.165, 1.54) is 13.0 Å². The summed E-state index contributed by atoms with van der Waals surface area (Å²) in [6, 6.07) is 6.26. The molecule has 1 aromatic rings. The fraction of sp³-hybridized carbons (Fsp3) is 0.364. The molecule has 0 fully saturated rings. The van der Waals surface area contributed by atoms with E-state index >= 15 is 0 Å². The first-order valence-corrected chi connectivity index (χ1v) is 4.87. The van der Waals surface area contributed by atoms with E-state index in [1.54, 1.807) is 32.0 Å². The summed E-state index contributed by atoms with van der Waals surface area (Å²) >= 11 is 0. The third-order valence-electron chi connectivity index (χ3n) is 2.43. The maximum absolute atomic E-state index is 11.3. The number of ketones is 1. The zero-order valence-corrected chi connectivity index (χ0v) is 9.48. The summed E-state index contributed by atoms with van der Waals surface area (Å²) in [6.07, 6.45) is 0. The highest BCUT2D eigenvalue weighted by atomic mass is 16.6. The summed E-state index contributed by atoms with van der Waals surface area (Å²) in [5.41, 5.74) is -0.490. The summed E-state index contributed by atoms with van der Waals surface area (Å²) in [5, 5.41) is 13.6. The number of para-hydroxylation sites is 2. The molecule has 0 aliphatic rings. The van der Waals surface area contributed by atoms with Crippen LogP contribution in [0.1, 0.15) is 20.8 Å². The summed E-state index contributed by atoms with van der Waals surface area (Å²) in [6.45, 7) is 4.82. The number of benzene rings is 1. The predicted octanol–water partition coefficient (Wildman–Crippen LogP) is 2.37. The average molecular weight is 222 g/mol. The molecule has 5 heteroatoms. The number of nitro groups is 1. The van der Waals surface area contributed by atoms with Crippen molar-refractivity contribution in [2.45, 2.75) is 26.3 Å². The first-order valence-electron chi connectivity index (χ1n) is 4.87. The van der Waals surface area contributed by atoms with E-state index in [-0.39, 0.29) is 11.5 Å². The number of nitrogens with one attached hydrogen (secondary N) is 1. The summed E-state index contributed by atoms with van der Waals surface area (Å²) < 4.78 is 0. The molecular formula is C11H14N2O3. The highest BCUT2D eigenvalue weighted by molar-refractivity contribution is 5.89. The molecule has 0 atom stereocenters. The van der Waals surface area contributed by atoms with Crippen LogP contribution in [0.15, 0.2) is 24.3 Å². The Morgan fingerprint density at radius 3 is 2.44 bits per heavy atom. The Morgan fingerprint density at radius 2 is 1.94 bits per heavy atom. The van der Waals surface area contributed by atoms with Gasteiger partial charge in [-0.25, -0.2) is 0 Å². The second-order valence-corrected chi connectivity index (χ2v) is 4.08. The Hall–Kier alpha value is -1.91. The molecule has 5 nitrogen and oxygen atoms in total. The third kappa shape index (κ3) is 2.56. The number of hydrogen-bond donors (Lipinski definition) is 1. The molecule has 0 spiro atoms. The van der Waals surface area contributed by atoms with E-state index in [0.29, 0.717) is 5.69 Å². The molecule has 0 heterocycles. The van der Waals surface area contributed by atoms with E-state index in [1.807, 2.05) is 0 Å². The second-order valence-electron chi connectivity index (χ2n) is 4.08. The molecule has 86 valence electrons. The zero-order chi connectivity index (χ0) is 12.3. The van der Waals surface area contributed by atoms with Gasteiger partial charge in [-0.15, -0.1) is 0 Å². The maximum Gasteiger partial charge on any atom is 0.292 e. The van der Waals surface area contributed by atoms with Gasteiger partial charge >= 0.3 is 0 Å². The number of carbonyl (C=O) groups excluding carboxylic acids is 1. The van der Waals surface area contributed by atoms with E-state index in [0.717, 1.165) is 0 Å². The number of anilines is 1. The highest BCUT2D eigenvalue weighted by Gasteiger charge is 2.26. The van der Waals surface area contributed by atoms with Crippen molar-refractivity contribution >= 4 is 17.2 Å². The zero-order valence-electron chi connectivity index (χ0n) is 9.48. The van der Waals surface area contributed by atoms with Crippen molar-refractivity contribution < 1.29 is 9.72 Å². The number of nitro benzene ring substituents is 1. The molecule has 16 heavy (non-hydrogen) atoms. The highest BCUT2D eigenvalue weighted by Crippen LogP contribution is 2.26. The molecule has 0 unspecified atom stereocenters. The second kappa shape index (κ2) is 4.30. The molecule has 0 bridgehead atoms. The Balaban J connectivity index is 3.06. The summed E-state index contributed by atoms with van der Waals surface area (Å²) in [7, 11) is 0. The molecule has 0 saturated carbocycles. The van der Waals surface area contributed by atoms with Crippen molar-refractivity contribution in [1.29, 1.82) is 0 Å². The van der Waals surface area contributed by atoms with Crippen LogP contribution in [-0.4, -0.2) is 16.2 Å². The average Bonchev–Trinajstić information content (AvgIpc) is 2.17. The molecular weight excluding hydrogens is 208 g/mol. The summed E-state index contributed by atoms with van der Waals surface area (Å²) in [5.74, 6) is -0.0781. The van der Waals surface area contributed by atoms with Crippen molar-refractivity contribution in [2.75, 3.05) is 5.32 Å². The largest absolute Gasteiger partial charge is 0.368 e. The van der Waals surface area contributed by atoms with Gasteiger partial charge < -0.3 is 5.32 Å². The standard InChI is InChI=1S/C11H14N2O3/c1-8(14)11(2,3)12-9-6-4-5-7-10(9)13(15)16/h4-7,12H,1-3H3. The van der Waals surface area contributed by atoms with Crippen LogP contribution in [-0.2, 0) is 4.79 Å². The number of rotatable bonds is 4. The van der Waals surface area contributed by atoms with Gasteiger partial charge in [0.15, 0.2) is 5.78 Å². The lowest BCUT2D eigenvalue weighted by Gasteiger charge is -2.24. The Morgan fingerprint density at radius 1 is 1.38 bits per heavy atom. The van der Waals surface area contributed by atoms with Crippen LogP contribution in [0.5, 0.6) is 0 Å². The predicted molar refractivity (Wildman–Crippen MR) is 61.5 cm³/mol. The van der Waals surface area contributed by atoms with Crippen molar-refractivity contribution in [2.24, 2.45) is 0 Å². The Labute approximate surface area is 93.6 Å². The molecule has 0 saturated heterocycles. The molecule has 1 N–H and O–H groups in total. The SMILES string of the molecule is CC(=O)C(C)(C)Nc1ccccc1[N+](=O)[O-]. The topological polar surface area (TPSA) is 72.2 Å². The minimum atomic E-state index is -0.813. The molecule has 0 aliphatic heterocycles. The first kappa shape index (κ1) is 12.2.